The van der Waals surface area contributed by atoms with Crippen LogP contribution in [0.3, 0.4) is 0 Å². The summed E-state index contributed by atoms with van der Waals surface area (Å²) in [6, 6.07) is 0. The van der Waals surface area contributed by atoms with Gasteiger partial charge in [0.25, 0.3) is 0 Å². The summed E-state index contributed by atoms with van der Waals surface area (Å²) in [7, 11) is 0. The van der Waals surface area contributed by atoms with E-state index in [1.165, 1.54) is 16.2 Å². The van der Waals surface area contributed by atoms with Gasteiger partial charge in [-0.2, -0.15) is 13.2 Å². The fourth-order valence-corrected chi connectivity index (χ4v) is 3.42. The molecule has 2 rings (SSSR count). The molecule has 0 saturated carbocycles. The SMILES string of the molecule is Cc1sc2nc(CN(CCCO)CC(F)(F)F)nc(N)c2c1C. The van der Waals surface area contributed by atoms with Gasteiger partial charge in [-0.25, -0.2) is 9.97 Å². The van der Waals surface area contributed by atoms with Gasteiger partial charge in [0.15, 0.2) is 0 Å². The maximum Gasteiger partial charge on any atom is 0.401 e. The molecule has 0 fully saturated rings. The van der Waals surface area contributed by atoms with Crippen molar-refractivity contribution in [3.05, 3.63) is 16.3 Å². The summed E-state index contributed by atoms with van der Waals surface area (Å²) in [5, 5.41) is 9.61. The molecule has 0 aliphatic heterocycles. The summed E-state index contributed by atoms with van der Waals surface area (Å²) < 4.78 is 38.0. The van der Waals surface area contributed by atoms with Crippen LogP contribution in [0.15, 0.2) is 0 Å². The van der Waals surface area contributed by atoms with Crippen molar-refractivity contribution in [3.8, 4) is 0 Å². The second kappa shape index (κ2) is 6.98. The fraction of sp³-hybridized carbons (Fsp3) is 0.571. The van der Waals surface area contributed by atoms with E-state index in [4.69, 9.17) is 10.8 Å². The summed E-state index contributed by atoms with van der Waals surface area (Å²) in [6.45, 7) is 2.68. The number of aromatic nitrogens is 2. The summed E-state index contributed by atoms with van der Waals surface area (Å²) >= 11 is 1.45. The molecule has 0 unspecified atom stereocenters. The minimum absolute atomic E-state index is 0.0599. The molecule has 23 heavy (non-hydrogen) atoms. The number of anilines is 1. The number of aliphatic hydroxyl groups excluding tert-OH is 1. The number of rotatable bonds is 6. The molecule has 0 bridgehead atoms. The normalized spacial score (nSPS) is 12.5. The molecule has 128 valence electrons. The molecule has 0 aliphatic rings. The maximum absolute atomic E-state index is 12.7. The Kier molecular flexibility index (Phi) is 5.43. The van der Waals surface area contributed by atoms with Gasteiger partial charge in [0.2, 0.25) is 0 Å². The van der Waals surface area contributed by atoms with Gasteiger partial charge < -0.3 is 10.8 Å². The van der Waals surface area contributed by atoms with Crippen LogP contribution in [0.4, 0.5) is 19.0 Å². The van der Waals surface area contributed by atoms with Crippen LogP contribution in [0.2, 0.25) is 0 Å². The van der Waals surface area contributed by atoms with Crippen molar-refractivity contribution in [2.45, 2.75) is 33.0 Å². The second-order valence-corrected chi connectivity index (χ2v) is 6.59. The Labute approximate surface area is 136 Å². The quantitative estimate of drug-likeness (QED) is 0.839. The average Bonchev–Trinajstić information content (AvgIpc) is 2.70. The molecule has 5 nitrogen and oxygen atoms in total. The number of hydrogen-bond acceptors (Lipinski definition) is 6. The molecule has 3 N–H and O–H groups in total. The Balaban J connectivity index is 2.26. The van der Waals surface area contributed by atoms with Gasteiger partial charge in [0.05, 0.1) is 18.5 Å². The summed E-state index contributed by atoms with van der Waals surface area (Å²) in [5.74, 6) is 0.555. The average molecular weight is 348 g/mol. The monoisotopic (exact) mass is 348 g/mol. The molecule has 2 aromatic rings. The number of fused-ring (bicyclic) bond motifs is 1. The summed E-state index contributed by atoms with van der Waals surface area (Å²) in [6.07, 6.45) is -4.06. The molecule has 0 radical (unpaired) electrons. The Hall–Kier alpha value is -1.45. The molecule has 0 saturated heterocycles. The molecule has 0 atom stereocenters. The van der Waals surface area contributed by atoms with Gasteiger partial charge in [0, 0.05) is 18.0 Å². The number of alkyl halides is 3. The first-order chi connectivity index (χ1) is 10.7. The number of thiophene rings is 1. The highest BCUT2D eigenvalue weighted by Crippen LogP contribution is 2.32. The van der Waals surface area contributed by atoms with E-state index in [1.54, 1.807) is 0 Å². The fourth-order valence-electron chi connectivity index (χ4n) is 2.36. The first-order valence-corrected chi connectivity index (χ1v) is 7.95. The Morgan fingerprint density at radius 1 is 1.26 bits per heavy atom. The van der Waals surface area contributed by atoms with Gasteiger partial charge in [-0.3, -0.25) is 4.90 Å². The van der Waals surface area contributed by atoms with Crippen LogP contribution in [0.25, 0.3) is 10.2 Å². The van der Waals surface area contributed by atoms with Crippen LogP contribution >= 0.6 is 11.3 Å². The topological polar surface area (TPSA) is 75.3 Å². The molecule has 0 aliphatic carbocycles. The van der Waals surface area contributed by atoms with Gasteiger partial charge in [-0.1, -0.05) is 0 Å². The minimum Gasteiger partial charge on any atom is -0.396 e. The number of halogens is 3. The molecular weight excluding hydrogens is 329 g/mol. The van der Waals surface area contributed by atoms with Crippen molar-refractivity contribution in [3.63, 3.8) is 0 Å². The van der Waals surface area contributed by atoms with Gasteiger partial charge in [-0.15, -0.1) is 11.3 Å². The van der Waals surface area contributed by atoms with Gasteiger partial charge in [0.1, 0.15) is 16.5 Å². The van der Waals surface area contributed by atoms with E-state index >= 15 is 0 Å². The van der Waals surface area contributed by atoms with Crippen molar-refractivity contribution >= 4 is 27.4 Å². The number of aliphatic hydroxyl groups is 1. The van der Waals surface area contributed by atoms with Gasteiger partial charge in [-0.05, 0) is 25.8 Å². The van der Waals surface area contributed by atoms with E-state index in [9.17, 15) is 13.2 Å². The number of hydrogen-bond donors (Lipinski definition) is 2. The highest BCUT2D eigenvalue weighted by atomic mass is 32.1. The van der Waals surface area contributed by atoms with Crippen LogP contribution in [0.1, 0.15) is 22.7 Å². The van der Waals surface area contributed by atoms with E-state index in [-0.39, 0.29) is 31.9 Å². The Morgan fingerprint density at radius 3 is 2.57 bits per heavy atom. The largest absolute Gasteiger partial charge is 0.401 e. The number of nitrogens with two attached hydrogens (primary N) is 1. The zero-order valence-corrected chi connectivity index (χ0v) is 13.8. The van der Waals surface area contributed by atoms with Crippen LogP contribution in [0, 0.1) is 13.8 Å². The van der Waals surface area contributed by atoms with Crippen molar-refractivity contribution in [1.82, 2.24) is 14.9 Å². The molecule has 2 aromatic heterocycles. The highest BCUT2D eigenvalue weighted by molar-refractivity contribution is 7.18. The zero-order valence-electron chi connectivity index (χ0n) is 12.9. The van der Waals surface area contributed by atoms with E-state index in [2.05, 4.69) is 9.97 Å². The molecule has 2 heterocycles. The van der Waals surface area contributed by atoms with E-state index in [0.717, 1.165) is 15.8 Å². The number of aryl methyl sites for hydroxylation is 2. The van der Waals surface area contributed by atoms with Crippen molar-refractivity contribution in [2.24, 2.45) is 0 Å². The first kappa shape index (κ1) is 17.9. The van der Waals surface area contributed by atoms with E-state index in [1.807, 2.05) is 13.8 Å². The lowest BCUT2D eigenvalue weighted by Gasteiger charge is -2.22. The van der Waals surface area contributed by atoms with Crippen molar-refractivity contribution < 1.29 is 18.3 Å². The maximum atomic E-state index is 12.7. The predicted molar refractivity (Wildman–Crippen MR) is 84.3 cm³/mol. The van der Waals surface area contributed by atoms with E-state index < -0.39 is 12.7 Å². The molecule has 0 spiro atoms. The number of nitrogen functional groups attached to an aromatic ring is 1. The first-order valence-electron chi connectivity index (χ1n) is 7.13. The van der Waals surface area contributed by atoms with Crippen LogP contribution in [-0.2, 0) is 6.54 Å². The van der Waals surface area contributed by atoms with Crippen molar-refractivity contribution in [1.29, 1.82) is 0 Å². The number of nitrogens with zero attached hydrogens (tertiary/aromatic N) is 3. The lowest BCUT2D eigenvalue weighted by atomic mass is 10.2. The second-order valence-electron chi connectivity index (χ2n) is 5.39. The third-order valence-electron chi connectivity index (χ3n) is 3.50. The molecule has 0 aromatic carbocycles. The Bertz CT molecular complexity index is 687. The third kappa shape index (κ3) is 4.52. The highest BCUT2D eigenvalue weighted by Gasteiger charge is 2.31. The summed E-state index contributed by atoms with van der Waals surface area (Å²) in [4.78, 5) is 11.4. The van der Waals surface area contributed by atoms with Crippen LogP contribution in [0.5, 0.6) is 0 Å². The molecule has 9 heteroatoms. The lowest BCUT2D eigenvalue weighted by molar-refractivity contribution is -0.147. The lowest BCUT2D eigenvalue weighted by Crippen LogP contribution is -2.35. The molecular formula is C14H19F3N4OS. The standard InChI is InChI=1S/C14H19F3N4OS/c1-8-9(2)23-13-11(8)12(18)19-10(20-13)6-21(4-3-5-22)7-14(15,16)17/h22H,3-7H2,1-2H3,(H2,18,19,20). The third-order valence-corrected chi connectivity index (χ3v) is 4.60. The minimum atomic E-state index is -4.32. The smallest absolute Gasteiger partial charge is 0.396 e. The van der Waals surface area contributed by atoms with Crippen LogP contribution in [-0.4, -0.2) is 45.8 Å². The van der Waals surface area contributed by atoms with E-state index in [0.29, 0.717) is 10.6 Å². The zero-order chi connectivity index (χ0) is 17.2. The predicted octanol–water partition coefficient (Wildman–Crippen LogP) is 2.64. The van der Waals surface area contributed by atoms with Gasteiger partial charge >= 0.3 is 6.18 Å². The molecule has 0 amide bonds. The summed E-state index contributed by atoms with van der Waals surface area (Å²) in [5.41, 5.74) is 6.95. The Morgan fingerprint density at radius 2 is 1.96 bits per heavy atom. The van der Waals surface area contributed by atoms with Crippen molar-refractivity contribution in [2.75, 3.05) is 25.4 Å². The van der Waals surface area contributed by atoms with Crippen LogP contribution < -0.4 is 5.73 Å².